The first-order valence-electron chi connectivity index (χ1n) is 5.35. The predicted molar refractivity (Wildman–Crippen MR) is 63.0 cm³/mol. The summed E-state index contributed by atoms with van der Waals surface area (Å²) in [6.45, 7) is 4.05. The van der Waals surface area contributed by atoms with E-state index in [-0.39, 0.29) is 12.1 Å². The SMILES string of the molecule is Cc1cccc(C(C(C)N)n2cncn2)c1. The van der Waals surface area contributed by atoms with Crippen LogP contribution in [-0.4, -0.2) is 20.8 Å². The Morgan fingerprint density at radius 3 is 2.75 bits per heavy atom. The molecular formula is C12H16N4. The van der Waals surface area contributed by atoms with Gasteiger partial charge in [0.25, 0.3) is 0 Å². The van der Waals surface area contributed by atoms with E-state index in [0.717, 1.165) is 0 Å². The topological polar surface area (TPSA) is 56.7 Å². The summed E-state index contributed by atoms with van der Waals surface area (Å²) in [6.07, 6.45) is 3.24. The van der Waals surface area contributed by atoms with Crippen LogP contribution in [0.5, 0.6) is 0 Å². The molecule has 0 aliphatic rings. The summed E-state index contributed by atoms with van der Waals surface area (Å²) in [5, 5.41) is 4.17. The van der Waals surface area contributed by atoms with Gasteiger partial charge in [0.05, 0.1) is 6.04 Å². The number of rotatable bonds is 3. The fourth-order valence-electron chi connectivity index (χ4n) is 1.91. The van der Waals surface area contributed by atoms with E-state index in [9.17, 15) is 0 Å². The maximum atomic E-state index is 6.02. The van der Waals surface area contributed by atoms with Crippen LogP contribution < -0.4 is 5.73 Å². The maximum absolute atomic E-state index is 6.02. The molecule has 0 aliphatic heterocycles. The largest absolute Gasteiger partial charge is 0.326 e. The molecule has 0 spiro atoms. The van der Waals surface area contributed by atoms with Crippen molar-refractivity contribution in [3.63, 3.8) is 0 Å². The average molecular weight is 216 g/mol. The van der Waals surface area contributed by atoms with Gasteiger partial charge in [-0.15, -0.1) is 0 Å². The Kier molecular flexibility index (Phi) is 3.01. The zero-order valence-electron chi connectivity index (χ0n) is 9.54. The van der Waals surface area contributed by atoms with Gasteiger partial charge < -0.3 is 5.73 Å². The summed E-state index contributed by atoms with van der Waals surface area (Å²) in [6, 6.07) is 8.35. The van der Waals surface area contributed by atoms with Crippen molar-refractivity contribution in [1.29, 1.82) is 0 Å². The molecular weight excluding hydrogens is 200 g/mol. The summed E-state index contributed by atoms with van der Waals surface area (Å²) < 4.78 is 1.80. The van der Waals surface area contributed by atoms with Gasteiger partial charge in [-0.2, -0.15) is 5.10 Å². The smallest absolute Gasteiger partial charge is 0.137 e. The minimum Gasteiger partial charge on any atom is -0.326 e. The van der Waals surface area contributed by atoms with Crippen molar-refractivity contribution in [3.05, 3.63) is 48.0 Å². The second-order valence-corrected chi connectivity index (χ2v) is 4.09. The van der Waals surface area contributed by atoms with Gasteiger partial charge in [-0.25, -0.2) is 9.67 Å². The van der Waals surface area contributed by atoms with Gasteiger partial charge >= 0.3 is 0 Å². The van der Waals surface area contributed by atoms with Crippen LogP contribution in [-0.2, 0) is 0 Å². The van der Waals surface area contributed by atoms with E-state index in [4.69, 9.17) is 5.73 Å². The van der Waals surface area contributed by atoms with Crippen LogP contribution in [0.1, 0.15) is 24.1 Å². The molecule has 0 fully saturated rings. The molecule has 0 aliphatic carbocycles. The lowest BCUT2D eigenvalue weighted by Gasteiger charge is -2.21. The highest BCUT2D eigenvalue weighted by Crippen LogP contribution is 2.20. The van der Waals surface area contributed by atoms with Crippen LogP contribution in [0.2, 0.25) is 0 Å². The number of hydrogen-bond donors (Lipinski definition) is 1. The fraction of sp³-hybridized carbons (Fsp3) is 0.333. The molecule has 2 aromatic rings. The van der Waals surface area contributed by atoms with Crippen molar-refractivity contribution in [3.8, 4) is 0 Å². The summed E-state index contributed by atoms with van der Waals surface area (Å²) in [5.41, 5.74) is 8.41. The molecule has 0 saturated carbocycles. The Morgan fingerprint density at radius 2 is 2.19 bits per heavy atom. The second kappa shape index (κ2) is 4.45. The van der Waals surface area contributed by atoms with Gasteiger partial charge in [-0.3, -0.25) is 0 Å². The summed E-state index contributed by atoms with van der Waals surface area (Å²) in [7, 11) is 0. The third kappa shape index (κ3) is 2.12. The van der Waals surface area contributed by atoms with E-state index in [1.165, 1.54) is 17.5 Å². The van der Waals surface area contributed by atoms with Crippen molar-refractivity contribution in [2.24, 2.45) is 5.73 Å². The van der Waals surface area contributed by atoms with Crippen LogP contribution >= 0.6 is 0 Å². The fourth-order valence-corrected chi connectivity index (χ4v) is 1.91. The van der Waals surface area contributed by atoms with Crippen molar-refractivity contribution in [2.75, 3.05) is 0 Å². The molecule has 1 aromatic carbocycles. The van der Waals surface area contributed by atoms with Gasteiger partial charge in [0, 0.05) is 6.04 Å². The number of aromatic nitrogens is 3. The molecule has 4 nitrogen and oxygen atoms in total. The second-order valence-electron chi connectivity index (χ2n) is 4.09. The quantitative estimate of drug-likeness (QED) is 0.846. The van der Waals surface area contributed by atoms with Crippen LogP contribution in [0.4, 0.5) is 0 Å². The highest BCUT2D eigenvalue weighted by atomic mass is 15.3. The van der Waals surface area contributed by atoms with E-state index in [2.05, 4.69) is 35.2 Å². The average Bonchev–Trinajstić information content (AvgIpc) is 2.71. The number of benzene rings is 1. The van der Waals surface area contributed by atoms with Crippen LogP contribution in [0.25, 0.3) is 0 Å². The molecule has 1 heterocycles. The van der Waals surface area contributed by atoms with Crippen LogP contribution in [0, 0.1) is 6.92 Å². The Balaban J connectivity index is 2.41. The molecule has 4 heteroatoms. The van der Waals surface area contributed by atoms with E-state index < -0.39 is 0 Å². The number of nitrogens with two attached hydrogens (primary N) is 1. The number of nitrogens with zero attached hydrogens (tertiary/aromatic N) is 3. The first-order valence-corrected chi connectivity index (χ1v) is 5.35. The lowest BCUT2D eigenvalue weighted by molar-refractivity contribution is 0.452. The Labute approximate surface area is 95.1 Å². The monoisotopic (exact) mass is 216 g/mol. The van der Waals surface area contributed by atoms with Gasteiger partial charge in [-0.1, -0.05) is 29.8 Å². The molecule has 16 heavy (non-hydrogen) atoms. The lowest BCUT2D eigenvalue weighted by atomic mass is 10.00. The summed E-state index contributed by atoms with van der Waals surface area (Å²) in [4.78, 5) is 3.97. The minimum absolute atomic E-state index is 0.0106. The van der Waals surface area contributed by atoms with Gasteiger partial charge in [0.1, 0.15) is 12.7 Å². The molecule has 2 atom stereocenters. The number of hydrogen-bond acceptors (Lipinski definition) is 3. The summed E-state index contributed by atoms with van der Waals surface area (Å²) in [5.74, 6) is 0. The Hall–Kier alpha value is -1.68. The zero-order chi connectivity index (χ0) is 11.5. The van der Waals surface area contributed by atoms with Gasteiger partial charge in [-0.05, 0) is 19.4 Å². The van der Waals surface area contributed by atoms with Crippen molar-refractivity contribution < 1.29 is 0 Å². The van der Waals surface area contributed by atoms with E-state index in [1.54, 1.807) is 11.0 Å². The van der Waals surface area contributed by atoms with Crippen molar-refractivity contribution in [2.45, 2.75) is 25.9 Å². The molecule has 0 amide bonds. The molecule has 2 N–H and O–H groups in total. The maximum Gasteiger partial charge on any atom is 0.137 e. The standard InChI is InChI=1S/C12H16N4/c1-9-4-3-5-11(6-9)12(10(2)13)16-8-14-7-15-16/h3-8,10,12H,13H2,1-2H3. The van der Waals surface area contributed by atoms with Crippen LogP contribution in [0.3, 0.4) is 0 Å². The minimum atomic E-state index is -0.0106. The van der Waals surface area contributed by atoms with Crippen molar-refractivity contribution in [1.82, 2.24) is 14.8 Å². The molecule has 1 aromatic heterocycles. The first-order chi connectivity index (χ1) is 7.68. The summed E-state index contributed by atoms with van der Waals surface area (Å²) >= 11 is 0. The zero-order valence-corrected chi connectivity index (χ0v) is 9.54. The van der Waals surface area contributed by atoms with E-state index in [0.29, 0.717) is 0 Å². The molecule has 0 bridgehead atoms. The van der Waals surface area contributed by atoms with E-state index in [1.807, 2.05) is 13.0 Å². The van der Waals surface area contributed by atoms with Crippen molar-refractivity contribution >= 4 is 0 Å². The Morgan fingerprint density at radius 1 is 1.38 bits per heavy atom. The molecule has 2 rings (SSSR count). The normalized spacial score (nSPS) is 14.7. The molecule has 0 saturated heterocycles. The third-order valence-electron chi connectivity index (χ3n) is 2.60. The van der Waals surface area contributed by atoms with Gasteiger partial charge in [0.2, 0.25) is 0 Å². The lowest BCUT2D eigenvalue weighted by Crippen LogP contribution is -2.30. The molecule has 84 valence electrons. The highest BCUT2D eigenvalue weighted by molar-refractivity contribution is 5.26. The third-order valence-corrected chi connectivity index (χ3v) is 2.60. The molecule has 0 radical (unpaired) electrons. The van der Waals surface area contributed by atoms with Gasteiger partial charge in [0.15, 0.2) is 0 Å². The molecule has 2 unspecified atom stereocenters. The Bertz CT molecular complexity index is 448. The predicted octanol–water partition coefficient (Wildman–Crippen LogP) is 1.52. The number of aryl methyl sites for hydroxylation is 1. The first kappa shape index (κ1) is 10.8. The van der Waals surface area contributed by atoms with E-state index >= 15 is 0 Å². The van der Waals surface area contributed by atoms with Crippen LogP contribution in [0.15, 0.2) is 36.9 Å². The highest BCUT2D eigenvalue weighted by Gasteiger charge is 2.18.